The summed E-state index contributed by atoms with van der Waals surface area (Å²) in [5.74, 6) is 0. The molecule has 0 amide bonds. The molecule has 0 saturated carbocycles. The molecule has 0 N–H and O–H groups in total. The molecule has 0 spiro atoms. The highest BCUT2D eigenvalue weighted by Crippen LogP contribution is 2.42. The van der Waals surface area contributed by atoms with Gasteiger partial charge < -0.3 is 9.47 Å². The Morgan fingerprint density at radius 1 is 0.324 bits per heavy atom. The van der Waals surface area contributed by atoms with Gasteiger partial charge in [0.15, 0.2) is 0 Å². The molecule has 14 aromatic rings. The van der Waals surface area contributed by atoms with Crippen molar-refractivity contribution >= 4 is 82.5 Å². The summed E-state index contributed by atoms with van der Waals surface area (Å²) >= 11 is 0. The van der Waals surface area contributed by atoms with Crippen LogP contribution >= 0.6 is 0 Å². The topological polar surface area (TPSA) is 59.7 Å². The summed E-state index contributed by atoms with van der Waals surface area (Å²) < 4.78 is 2.44. The Balaban J connectivity index is 0.917. The van der Waals surface area contributed by atoms with Gasteiger partial charge in [-0.2, -0.15) is 0 Å². The summed E-state index contributed by atoms with van der Waals surface area (Å²) in [6.45, 7) is 4.41. The number of pyridine rings is 4. The largest absolute Gasteiger partial charge is 0.310 e. The van der Waals surface area contributed by atoms with E-state index in [0.29, 0.717) is 0 Å². The Morgan fingerprint density at radius 2 is 0.824 bits per heavy atom. The van der Waals surface area contributed by atoms with Gasteiger partial charge in [-0.25, -0.2) is 0 Å². The van der Waals surface area contributed by atoms with E-state index in [4.69, 9.17) is 9.97 Å². The third kappa shape index (κ3) is 7.34. The highest BCUT2D eigenvalue weighted by atomic mass is 15.1. The Hall–Kier alpha value is -9.78. The molecule has 0 aliphatic rings. The number of aromatic nitrogens is 5. The van der Waals surface area contributed by atoms with Crippen molar-refractivity contribution in [2.45, 2.75) is 13.8 Å². The lowest BCUT2D eigenvalue weighted by Crippen LogP contribution is -2.09. The van der Waals surface area contributed by atoms with Crippen LogP contribution in [0, 0.1) is 13.8 Å². The lowest BCUT2D eigenvalue weighted by atomic mass is 9.92. The van der Waals surface area contributed by atoms with Gasteiger partial charge in [0.25, 0.3) is 0 Å². The van der Waals surface area contributed by atoms with E-state index >= 15 is 0 Å². The van der Waals surface area contributed by atoms with Crippen LogP contribution < -0.4 is 4.90 Å². The lowest BCUT2D eigenvalue weighted by molar-refractivity contribution is 1.18. The molecular formula is C68H46N6. The predicted molar refractivity (Wildman–Crippen MR) is 308 cm³/mol. The first-order valence-electron chi connectivity index (χ1n) is 25.1. The van der Waals surface area contributed by atoms with Crippen LogP contribution in [0.4, 0.5) is 17.1 Å². The van der Waals surface area contributed by atoms with E-state index < -0.39 is 0 Å². The van der Waals surface area contributed by atoms with E-state index in [1.807, 2.05) is 36.9 Å². The second kappa shape index (κ2) is 17.5. The van der Waals surface area contributed by atoms with E-state index in [9.17, 15) is 0 Å². The van der Waals surface area contributed by atoms with Crippen molar-refractivity contribution < 1.29 is 0 Å². The minimum absolute atomic E-state index is 0.917. The number of para-hydroxylation sites is 3. The first-order valence-corrected chi connectivity index (χ1v) is 25.1. The molecule has 0 aliphatic carbocycles. The highest BCUT2D eigenvalue weighted by molar-refractivity contribution is 6.11. The zero-order chi connectivity index (χ0) is 49.3. The van der Waals surface area contributed by atoms with Gasteiger partial charge in [0, 0.05) is 91.0 Å². The van der Waals surface area contributed by atoms with Crippen LogP contribution in [0.2, 0.25) is 0 Å². The maximum Gasteiger partial charge on any atom is 0.0964 e. The van der Waals surface area contributed by atoms with Crippen LogP contribution in [0.15, 0.2) is 243 Å². The van der Waals surface area contributed by atoms with Crippen LogP contribution in [-0.2, 0) is 0 Å². The molecule has 74 heavy (non-hydrogen) atoms. The highest BCUT2D eigenvalue weighted by Gasteiger charge is 2.20. The maximum absolute atomic E-state index is 4.97. The van der Waals surface area contributed by atoms with Crippen LogP contribution in [0.25, 0.3) is 116 Å². The molecule has 9 aromatic carbocycles. The fourth-order valence-corrected chi connectivity index (χ4v) is 11.2. The van der Waals surface area contributed by atoms with Gasteiger partial charge in [-0.05, 0) is 149 Å². The zero-order valence-corrected chi connectivity index (χ0v) is 40.8. The molecule has 0 saturated heterocycles. The standard InChI is InChI=1S/C68H46N6/c1-43-33-47(25-28-59(43)53-35-49-23-21-45-13-11-31-69-65(45)67(49)71-41-53)51-37-52(48-26-29-60(44(2)34-48)54-36-50-24-22-46-14-12-32-70-66(46)68(50)72-42-54)39-58(38-51)74-63-20-10-9-19-61(63)62-40-57(27-30-64(62)74)73(55-15-5-3-6-16-55)56-17-7-4-8-18-56/h3-42H,1-2H3. The van der Waals surface area contributed by atoms with Gasteiger partial charge in [-0.1, -0.05) is 127 Å². The smallest absolute Gasteiger partial charge is 0.0964 e. The van der Waals surface area contributed by atoms with Crippen LogP contribution in [0.1, 0.15) is 11.1 Å². The van der Waals surface area contributed by atoms with Gasteiger partial charge in [-0.3, -0.25) is 19.9 Å². The lowest BCUT2D eigenvalue weighted by Gasteiger charge is -2.25. The SMILES string of the molecule is Cc1cc(-c2cc(-c3ccc(-c4cnc5c(ccc6cccnc65)c4)c(C)c3)cc(-n3c4ccccc4c4cc(N(c5ccccc5)c5ccccc5)ccc43)c2)ccc1-c1cnc2c(ccc3cccnc32)c1. The molecule has 14 rings (SSSR count). The van der Waals surface area contributed by atoms with Crippen LogP contribution in [0.3, 0.4) is 0 Å². The minimum atomic E-state index is 0.917. The van der Waals surface area contributed by atoms with Crippen LogP contribution in [0.5, 0.6) is 0 Å². The molecule has 6 nitrogen and oxygen atoms in total. The molecule has 6 heteroatoms. The first kappa shape index (κ1) is 43.0. The Labute approximate surface area is 428 Å². The van der Waals surface area contributed by atoms with Crippen molar-refractivity contribution in [1.82, 2.24) is 24.5 Å². The van der Waals surface area contributed by atoms with E-state index in [1.165, 1.54) is 21.9 Å². The summed E-state index contributed by atoms with van der Waals surface area (Å²) in [6.07, 6.45) is 7.65. The average molecular weight is 947 g/mol. The van der Waals surface area contributed by atoms with Gasteiger partial charge in [0.05, 0.1) is 33.1 Å². The van der Waals surface area contributed by atoms with Crippen molar-refractivity contribution in [2.75, 3.05) is 4.90 Å². The summed E-state index contributed by atoms with van der Waals surface area (Å²) in [7, 11) is 0. The third-order valence-corrected chi connectivity index (χ3v) is 14.7. The van der Waals surface area contributed by atoms with E-state index in [1.54, 1.807) is 0 Å². The quantitative estimate of drug-likeness (QED) is 0.142. The Morgan fingerprint density at radius 3 is 1.38 bits per heavy atom. The molecule has 0 radical (unpaired) electrons. The second-order valence-electron chi connectivity index (χ2n) is 19.3. The number of fused-ring (bicyclic) bond motifs is 9. The van der Waals surface area contributed by atoms with E-state index in [0.717, 1.165) is 122 Å². The fraction of sp³-hybridized carbons (Fsp3) is 0.0294. The molecule has 0 atom stereocenters. The predicted octanol–water partition coefficient (Wildman–Crippen LogP) is 17.7. The summed E-state index contributed by atoms with van der Waals surface area (Å²) in [4.78, 5) is 21.6. The van der Waals surface area contributed by atoms with E-state index in [-0.39, 0.29) is 0 Å². The van der Waals surface area contributed by atoms with Gasteiger partial charge in [0.1, 0.15) is 0 Å². The number of anilines is 3. The Kier molecular flexibility index (Phi) is 10.2. The molecule has 0 bridgehead atoms. The Bertz CT molecular complexity index is 4300. The molecule has 0 fully saturated rings. The van der Waals surface area contributed by atoms with Crippen molar-refractivity contribution in [3.8, 4) is 50.2 Å². The van der Waals surface area contributed by atoms with Crippen molar-refractivity contribution in [1.29, 1.82) is 0 Å². The zero-order valence-electron chi connectivity index (χ0n) is 40.8. The number of hydrogen-bond donors (Lipinski definition) is 0. The van der Waals surface area contributed by atoms with Crippen molar-refractivity contribution in [3.05, 3.63) is 254 Å². The molecule has 5 aromatic heterocycles. The molecule has 0 unspecified atom stereocenters. The first-order chi connectivity index (χ1) is 36.5. The van der Waals surface area contributed by atoms with Crippen molar-refractivity contribution in [2.24, 2.45) is 0 Å². The monoisotopic (exact) mass is 946 g/mol. The summed E-state index contributed by atoms with van der Waals surface area (Å²) in [6, 6.07) is 78.8. The number of rotatable bonds is 8. The normalized spacial score (nSPS) is 11.6. The summed E-state index contributed by atoms with van der Waals surface area (Å²) in [5, 5.41) is 6.70. The molecule has 5 heterocycles. The number of benzene rings is 9. The van der Waals surface area contributed by atoms with Crippen molar-refractivity contribution in [3.63, 3.8) is 0 Å². The van der Waals surface area contributed by atoms with E-state index in [2.05, 4.69) is 240 Å². The van der Waals surface area contributed by atoms with Gasteiger partial charge in [-0.15, -0.1) is 0 Å². The summed E-state index contributed by atoms with van der Waals surface area (Å²) in [5.41, 5.74) is 21.7. The maximum atomic E-state index is 4.97. The number of aryl methyl sites for hydroxylation is 2. The number of nitrogens with zero attached hydrogens (tertiary/aromatic N) is 6. The average Bonchev–Trinajstić information content (AvgIpc) is 3.80. The number of hydrogen-bond acceptors (Lipinski definition) is 5. The van der Waals surface area contributed by atoms with Gasteiger partial charge in [0.2, 0.25) is 0 Å². The second-order valence-corrected chi connectivity index (χ2v) is 19.3. The molecule has 0 aliphatic heterocycles. The molecular weight excluding hydrogens is 901 g/mol. The third-order valence-electron chi connectivity index (χ3n) is 14.7. The minimum Gasteiger partial charge on any atom is -0.310 e. The van der Waals surface area contributed by atoms with Crippen LogP contribution in [-0.4, -0.2) is 24.5 Å². The fourth-order valence-electron chi connectivity index (χ4n) is 11.2. The van der Waals surface area contributed by atoms with Gasteiger partial charge >= 0.3 is 0 Å². The molecule has 348 valence electrons.